The van der Waals surface area contributed by atoms with Crippen LogP contribution in [0.5, 0.6) is 5.88 Å². The van der Waals surface area contributed by atoms with E-state index in [-0.39, 0.29) is 23.6 Å². The van der Waals surface area contributed by atoms with Gasteiger partial charge in [0, 0.05) is 5.56 Å². The molecule has 0 fully saturated rings. The highest BCUT2D eigenvalue weighted by molar-refractivity contribution is 5.69. The number of ether oxygens (including phenoxy) is 1. The van der Waals surface area contributed by atoms with E-state index in [9.17, 15) is 18.0 Å². The van der Waals surface area contributed by atoms with Crippen LogP contribution in [0.2, 0.25) is 0 Å². The number of rotatable bonds is 3. The molecule has 0 aliphatic rings. The third-order valence-electron chi connectivity index (χ3n) is 3.31. The number of hydrogen-bond donors (Lipinski definition) is 0. The molecule has 3 rings (SSSR count). The van der Waals surface area contributed by atoms with Gasteiger partial charge in [-0.2, -0.15) is 22.8 Å². The topological polar surface area (TPSA) is 56.5 Å². The van der Waals surface area contributed by atoms with Crippen LogP contribution in [0, 0.1) is 6.92 Å². The molecule has 5 nitrogen and oxygen atoms in total. The van der Waals surface area contributed by atoms with Gasteiger partial charge in [0.05, 0.1) is 17.5 Å². The second-order valence-electron chi connectivity index (χ2n) is 4.80. The number of aryl methyl sites for hydroxylation is 1. The van der Waals surface area contributed by atoms with Gasteiger partial charge < -0.3 is 4.74 Å². The minimum atomic E-state index is -4.50. The number of alkyl halides is 3. The number of carbonyl (C=O) groups excluding carboxylic acids is 1. The van der Waals surface area contributed by atoms with E-state index < -0.39 is 11.7 Å². The quantitative estimate of drug-likeness (QED) is 0.695. The normalized spacial score (nSPS) is 11.7. The average molecular weight is 321 g/mol. The van der Waals surface area contributed by atoms with Crippen LogP contribution in [0.25, 0.3) is 16.9 Å². The van der Waals surface area contributed by atoms with Crippen LogP contribution in [-0.4, -0.2) is 21.1 Å². The molecular weight excluding hydrogens is 311 g/mol. The smallest absolute Gasteiger partial charge is 0.408 e. The fraction of sp³-hybridized carbons (Fsp3) is 0.133. The van der Waals surface area contributed by atoms with E-state index in [2.05, 4.69) is 10.1 Å². The molecule has 0 spiro atoms. The monoisotopic (exact) mass is 321 g/mol. The Kier molecular flexibility index (Phi) is 3.51. The van der Waals surface area contributed by atoms with Gasteiger partial charge in [-0.15, -0.1) is 0 Å². The lowest BCUT2D eigenvalue weighted by Crippen LogP contribution is -2.09. The number of carbonyl (C=O) groups is 1. The number of aromatic nitrogens is 3. The SMILES string of the molecule is Cc1cc2ncc(OC=O)n2nc1-c1ccccc1C(F)(F)F. The zero-order valence-electron chi connectivity index (χ0n) is 11.8. The standard InChI is InChI=1S/C15H10F3N3O2/c1-9-6-12-19-7-13(23-8-22)21(12)20-14(9)10-4-2-3-5-11(10)15(16,17)18/h2-8H,1H3. The molecule has 0 bridgehead atoms. The molecule has 0 amide bonds. The second-order valence-corrected chi connectivity index (χ2v) is 4.80. The highest BCUT2D eigenvalue weighted by Crippen LogP contribution is 2.37. The maximum Gasteiger partial charge on any atom is 0.417 e. The van der Waals surface area contributed by atoms with Crippen molar-refractivity contribution >= 4 is 12.1 Å². The molecular formula is C15H10F3N3O2. The maximum absolute atomic E-state index is 13.2. The summed E-state index contributed by atoms with van der Waals surface area (Å²) in [4.78, 5) is 14.5. The molecule has 23 heavy (non-hydrogen) atoms. The number of halogens is 3. The Morgan fingerprint density at radius 3 is 2.70 bits per heavy atom. The summed E-state index contributed by atoms with van der Waals surface area (Å²) in [6, 6.07) is 6.75. The molecule has 0 saturated carbocycles. The summed E-state index contributed by atoms with van der Waals surface area (Å²) in [6.07, 6.45) is -3.23. The third-order valence-corrected chi connectivity index (χ3v) is 3.31. The molecule has 0 unspecified atom stereocenters. The zero-order chi connectivity index (χ0) is 16.6. The van der Waals surface area contributed by atoms with Crippen LogP contribution in [0.1, 0.15) is 11.1 Å². The first-order valence-electron chi connectivity index (χ1n) is 6.54. The molecule has 0 aliphatic carbocycles. The average Bonchev–Trinajstić information content (AvgIpc) is 2.88. The van der Waals surface area contributed by atoms with Crippen molar-refractivity contribution in [1.82, 2.24) is 14.6 Å². The van der Waals surface area contributed by atoms with E-state index in [0.29, 0.717) is 11.2 Å². The van der Waals surface area contributed by atoms with Gasteiger partial charge in [-0.1, -0.05) is 18.2 Å². The predicted octanol–water partition coefficient (Wildman–Crippen LogP) is 3.26. The minimum Gasteiger partial charge on any atom is -0.408 e. The van der Waals surface area contributed by atoms with E-state index in [1.807, 2.05) is 0 Å². The van der Waals surface area contributed by atoms with E-state index in [4.69, 9.17) is 4.74 Å². The van der Waals surface area contributed by atoms with Crippen molar-refractivity contribution in [2.45, 2.75) is 13.1 Å². The number of nitrogens with zero attached hydrogens (tertiary/aromatic N) is 3. The fourth-order valence-corrected chi connectivity index (χ4v) is 2.32. The van der Waals surface area contributed by atoms with E-state index in [1.165, 1.54) is 28.9 Å². The van der Waals surface area contributed by atoms with E-state index in [0.717, 1.165) is 6.07 Å². The molecule has 0 saturated heterocycles. The molecule has 8 heteroatoms. The van der Waals surface area contributed by atoms with Crippen LogP contribution in [0.4, 0.5) is 13.2 Å². The first kappa shape index (κ1) is 15.0. The lowest BCUT2D eigenvalue weighted by Gasteiger charge is -2.14. The van der Waals surface area contributed by atoms with Crippen molar-refractivity contribution < 1.29 is 22.7 Å². The fourth-order valence-electron chi connectivity index (χ4n) is 2.32. The van der Waals surface area contributed by atoms with E-state index in [1.54, 1.807) is 13.0 Å². The van der Waals surface area contributed by atoms with Gasteiger partial charge in [-0.05, 0) is 24.6 Å². The predicted molar refractivity (Wildman–Crippen MR) is 74.9 cm³/mol. The van der Waals surface area contributed by atoms with Crippen LogP contribution >= 0.6 is 0 Å². The Morgan fingerprint density at radius 2 is 2.00 bits per heavy atom. The Hall–Kier alpha value is -2.90. The molecule has 0 atom stereocenters. The first-order chi connectivity index (χ1) is 10.9. The van der Waals surface area contributed by atoms with Crippen LogP contribution < -0.4 is 4.74 Å². The van der Waals surface area contributed by atoms with Crippen molar-refractivity contribution in [2.75, 3.05) is 0 Å². The van der Waals surface area contributed by atoms with Gasteiger partial charge in [0.15, 0.2) is 5.65 Å². The minimum absolute atomic E-state index is 0.0285. The van der Waals surface area contributed by atoms with Gasteiger partial charge in [0.2, 0.25) is 5.88 Å². The maximum atomic E-state index is 13.2. The molecule has 0 N–H and O–H groups in total. The Labute approximate surface area is 128 Å². The molecule has 118 valence electrons. The van der Waals surface area contributed by atoms with Gasteiger partial charge in [-0.3, -0.25) is 4.79 Å². The van der Waals surface area contributed by atoms with Crippen molar-refractivity contribution in [3.05, 3.63) is 47.7 Å². The number of fused-ring (bicyclic) bond motifs is 1. The molecule has 3 aromatic rings. The molecule has 1 aromatic carbocycles. The summed E-state index contributed by atoms with van der Waals surface area (Å²) in [5.74, 6) is 0.0285. The molecule has 2 aromatic heterocycles. The number of hydrogen-bond acceptors (Lipinski definition) is 4. The summed E-state index contributed by atoms with van der Waals surface area (Å²) in [5.41, 5.74) is 0.197. The third kappa shape index (κ3) is 2.63. The van der Waals surface area contributed by atoms with Gasteiger partial charge in [0.1, 0.15) is 0 Å². The number of imidazole rings is 1. The highest BCUT2D eigenvalue weighted by atomic mass is 19.4. The Balaban J connectivity index is 2.26. The van der Waals surface area contributed by atoms with Crippen LogP contribution in [-0.2, 0) is 11.0 Å². The summed E-state index contributed by atoms with van der Waals surface area (Å²) in [5, 5.41) is 4.17. The van der Waals surface area contributed by atoms with Crippen molar-refractivity contribution in [3.8, 4) is 17.1 Å². The van der Waals surface area contributed by atoms with E-state index >= 15 is 0 Å². The van der Waals surface area contributed by atoms with Crippen molar-refractivity contribution in [3.63, 3.8) is 0 Å². The molecule has 0 aliphatic heterocycles. The lowest BCUT2D eigenvalue weighted by molar-refractivity contribution is -0.137. The van der Waals surface area contributed by atoms with Crippen LogP contribution in [0.15, 0.2) is 36.5 Å². The largest absolute Gasteiger partial charge is 0.417 e. The summed E-state index contributed by atoms with van der Waals surface area (Å²) < 4.78 is 45.5. The highest BCUT2D eigenvalue weighted by Gasteiger charge is 2.34. The zero-order valence-corrected chi connectivity index (χ0v) is 11.8. The van der Waals surface area contributed by atoms with Crippen molar-refractivity contribution in [2.24, 2.45) is 0 Å². The Morgan fingerprint density at radius 1 is 1.26 bits per heavy atom. The van der Waals surface area contributed by atoms with Crippen molar-refractivity contribution in [1.29, 1.82) is 0 Å². The van der Waals surface area contributed by atoms with Gasteiger partial charge >= 0.3 is 6.18 Å². The lowest BCUT2D eigenvalue weighted by atomic mass is 10.0. The summed E-state index contributed by atoms with van der Waals surface area (Å²) >= 11 is 0. The van der Waals surface area contributed by atoms with Crippen LogP contribution in [0.3, 0.4) is 0 Å². The first-order valence-corrected chi connectivity index (χ1v) is 6.54. The van der Waals surface area contributed by atoms with Gasteiger partial charge in [0.25, 0.3) is 6.47 Å². The summed E-state index contributed by atoms with van der Waals surface area (Å²) in [7, 11) is 0. The molecule has 0 radical (unpaired) electrons. The Bertz CT molecular complexity index is 887. The second kappa shape index (κ2) is 5.38. The van der Waals surface area contributed by atoms with Gasteiger partial charge in [-0.25, -0.2) is 4.98 Å². The number of benzene rings is 1. The molecule has 2 heterocycles. The summed E-state index contributed by atoms with van der Waals surface area (Å²) in [6.45, 7) is 1.85.